The van der Waals surface area contributed by atoms with Crippen molar-refractivity contribution in [2.24, 2.45) is 11.3 Å². The molecular weight excluding hydrogens is 312 g/mol. The Bertz CT molecular complexity index is 595. The Hall–Kier alpha value is -1.84. The van der Waals surface area contributed by atoms with Gasteiger partial charge in [-0.25, -0.2) is 0 Å². The van der Waals surface area contributed by atoms with Gasteiger partial charge in [0.05, 0.1) is 0 Å². The third kappa shape index (κ3) is 4.62. The molecule has 1 aromatic carbocycles. The van der Waals surface area contributed by atoms with E-state index in [1.165, 1.54) is 0 Å². The van der Waals surface area contributed by atoms with Crippen LogP contribution in [0.15, 0.2) is 30.3 Å². The summed E-state index contributed by atoms with van der Waals surface area (Å²) in [6.07, 6.45) is 2.18. The van der Waals surface area contributed by atoms with Gasteiger partial charge in [0.2, 0.25) is 11.8 Å². The molecule has 0 N–H and O–H groups in total. The van der Waals surface area contributed by atoms with Crippen molar-refractivity contribution in [3.63, 3.8) is 0 Å². The molecule has 4 heteroatoms. The minimum absolute atomic E-state index is 0.0391. The van der Waals surface area contributed by atoms with E-state index in [0.717, 1.165) is 31.5 Å². The molecule has 4 nitrogen and oxygen atoms in total. The van der Waals surface area contributed by atoms with Gasteiger partial charge in [0.1, 0.15) is 5.41 Å². The lowest BCUT2D eigenvalue weighted by Crippen LogP contribution is -2.54. The van der Waals surface area contributed by atoms with Crippen LogP contribution < -0.4 is 0 Å². The Morgan fingerprint density at radius 2 is 1.88 bits per heavy atom. The average molecular weight is 344 g/mol. The second-order valence-electron chi connectivity index (χ2n) is 8.14. The number of nitrogens with zero attached hydrogens (tertiary/aromatic N) is 2. The Balaban J connectivity index is 2.16. The Kier molecular flexibility index (Phi) is 6.26. The van der Waals surface area contributed by atoms with E-state index in [2.05, 4.69) is 6.92 Å². The minimum Gasteiger partial charge on any atom is -0.342 e. The van der Waals surface area contributed by atoms with Crippen molar-refractivity contribution in [3.8, 4) is 0 Å². The van der Waals surface area contributed by atoms with Gasteiger partial charge in [-0.1, -0.05) is 37.3 Å². The Labute approximate surface area is 152 Å². The van der Waals surface area contributed by atoms with Crippen molar-refractivity contribution in [2.45, 2.75) is 60.0 Å². The van der Waals surface area contributed by atoms with Crippen LogP contribution in [0.5, 0.6) is 0 Å². The highest BCUT2D eigenvalue weighted by Gasteiger charge is 2.43. The molecule has 1 unspecified atom stereocenters. The van der Waals surface area contributed by atoms with Gasteiger partial charge in [-0.3, -0.25) is 9.59 Å². The van der Waals surface area contributed by atoms with E-state index < -0.39 is 5.41 Å². The van der Waals surface area contributed by atoms with Crippen molar-refractivity contribution in [1.82, 2.24) is 9.80 Å². The van der Waals surface area contributed by atoms with Gasteiger partial charge >= 0.3 is 0 Å². The number of rotatable bonds is 5. The molecule has 1 fully saturated rings. The summed E-state index contributed by atoms with van der Waals surface area (Å²) in [5.74, 6) is 0.381. The summed E-state index contributed by atoms with van der Waals surface area (Å²) in [5, 5.41) is 0. The van der Waals surface area contributed by atoms with Crippen LogP contribution >= 0.6 is 0 Å². The molecule has 0 spiro atoms. The summed E-state index contributed by atoms with van der Waals surface area (Å²) < 4.78 is 0. The SMILES string of the molecule is CC1CCCN(C(=O)C(C)(C)C(=O)N(Cc2ccccc2)C(C)C)C1. The van der Waals surface area contributed by atoms with E-state index in [0.29, 0.717) is 12.5 Å². The zero-order valence-electron chi connectivity index (χ0n) is 16.3. The molecule has 1 saturated heterocycles. The number of benzene rings is 1. The predicted octanol–water partition coefficient (Wildman–Crippen LogP) is 3.71. The van der Waals surface area contributed by atoms with Gasteiger partial charge in [0, 0.05) is 25.7 Å². The maximum absolute atomic E-state index is 13.3. The van der Waals surface area contributed by atoms with Crippen LogP contribution in [0.1, 0.15) is 53.0 Å². The predicted molar refractivity (Wildman–Crippen MR) is 101 cm³/mol. The normalized spacial score (nSPS) is 18.3. The van der Waals surface area contributed by atoms with Crippen molar-refractivity contribution in [2.75, 3.05) is 13.1 Å². The van der Waals surface area contributed by atoms with Crippen LogP contribution in [-0.2, 0) is 16.1 Å². The molecular formula is C21H32N2O2. The molecule has 1 aliphatic heterocycles. The first-order valence-electron chi connectivity index (χ1n) is 9.38. The molecule has 1 heterocycles. The van der Waals surface area contributed by atoms with E-state index in [-0.39, 0.29) is 17.9 Å². The van der Waals surface area contributed by atoms with Crippen LogP contribution in [0.3, 0.4) is 0 Å². The first kappa shape index (κ1) is 19.5. The highest BCUT2D eigenvalue weighted by Crippen LogP contribution is 2.27. The quantitative estimate of drug-likeness (QED) is 0.764. The maximum Gasteiger partial charge on any atom is 0.238 e. The number of carbonyl (C=O) groups is 2. The summed E-state index contributed by atoms with van der Waals surface area (Å²) in [7, 11) is 0. The minimum atomic E-state index is -1.03. The Morgan fingerprint density at radius 3 is 2.44 bits per heavy atom. The van der Waals surface area contributed by atoms with Gasteiger partial charge in [-0.2, -0.15) is 0 Å². The van der Waals surface area contributed by atoms with Gasteiger partial charge in [0.25, 0.3) is 0 Å². The number of piperidine rings is 1. The molecule has 0 aromatic heterocycles. The fraction of sp³-hybridized carbons (Fsp3) is 0.619. The van der Waals surface area contributed by atoms with Crippen molar-refractivity contribution < 1.29 is 9.59 Å². The molecule has 0 bridgehead atoms. The monoisotopic (exact) mass is 344 g/mol. The zero-order valence-corrected chi connectivity index (χ0v) is 16.3. The van der Waals surface area contributed by atoms with Crippen LogP contribution in [0.25, 0.3) is 0 Å². The highest BCUT2D eigenvalue weighted by molar-refractivity contribution is 6.04. The number of carbonyl (C=O) groups excluding carboxylic acids is 2. The van der Waals surface area contributed by atoms with Crippen molar-refractivity contribution in [3.05, 3.63) is 35.9 Å². The van der Waals surface area contributed by atoms with Gasteiger partial charge in [0.15, 0.2) is 0 Å². The van der Waals surface area contributed by atoms with Gasteiger partial charge in [-0.05, 0) is 52.0 Å². The van der Waals surface area contributed by atoms with E-state index in [9.17, 15) is 9.59 Å². The van der Waals surface area contributed by atoms with Crippen molar-refractivity contribution in [1.29, 1.82) is 0 Å². The molecule has 2 rings (SSSR count). The highest BCUT2D eigenvalue weighted by atomic mass is 16.2. The van der Waals surface area contributed by atoms with Crippen LogP contribution in [-0.4, -0.2) is 40.7 Å². The fourth-order valence-corrected chi connectivity index (χ4v) is 3.49. The molecule has 0 aliphatic carbocycles. The smallest absolute Gasteiger partial charge is 0.238 e. The first-order valence-corrected chi connectivity index (χ1v) is 9.38. The average Bonchev–Trinajstić information content (AvgIpc) is 2.59. The largest absolute Gasteiger partial charge is 0.342 e. The number of amides is 2. The Morgan fingerprint density at radius 1 is 1.24 bits per heavy atom. The lowest BCUT2D eigenvalue weighted by Gasteiger charge is -2.39. The van der Waals surface area contributed by atoms with Crippen LogP contribution in [0.2, 0.25) is 0 Å². The first-order chi connectivity index (χ1) is 11.7. The van der Waals surface area contributed by atoms with Gasteiger partial charge < -0.3 is 9.80 Å². The summed E-state index contributed by atoms with van der Waals surface area (Å²) in [6.45, 7) is 11.8. The topological polar surface area (TPSA) is 40.6 Å². The summed E-state index contributed by atoms with van der Waals surface area (Å²) in [4.78, 5) is 30.0. The molecule has 25 heavy (non-hydrogen) atoms. The van der Waals surface area contributed by atoms with E-state index in [1.807, 2.05) is 54.0 Å². The van der Waals surface area contributed by atoms with E-state index in [4.69, 9.17) is 0 Å². The summed E-state index contributed by atoms with van der Waals surface area (Å²) in [6, 6.07) is 10.00. The lowest BCUT2D eigenvalue weighted by molar-refractivity contribution is -0.156. The summed E-state index contributed by atoms with van der Waals surface area (Å²) >= 11 is 0. The molecule has 1 aromatic rings. The molecule has 0 saturated carbocycles. The third-order valence-electron chi connectivity index (χ3n) is 5.09. The van der Waals surface area contributed by atoms with Gasteiger partial charge in [-0.15, -0.1) is 0 Å². The zero-order chi connectivity index (χ0) is 18.6. The number of hydrogen-bond donors (Lipinski definition) is 0. The van der Waals surface area contributed by atoms with Crippen LogP contribution in [0.4, 0.5) is 0 Å². The molecule has 1 atom stereocenters. The van der Waals surface area contributed by atoms with Crippen molar-refractivity contribution >= 4 is 11.8 Å². The number of likely N-dealkylation sites (tertiary alicyclic amines) is 1. The number of hydrogen-bond acceptors (Lipinski definition) is 2. The molecule has 138 valence electrons. The maximum atomic E-state index is 13.3. The standard InChI is InChI=1S/C21H32N2O2/c1-16(2)23(15-18-11-7-6-8-12-18)20(25)21(4,5)19(24)22-13-9-10-17(3)14-22/h6-8,11-12,16-17H,9-10,13-15H2,1-5H3. The second-order valence-corrected chi connectivity index (χ2v) is 8.14. The fourth-order valence-electron chi connectivity index (χ4n) is 3.49. The summed E-state index contributed by atoms with van der Waals surface area (Å²) in [5.41, 5.74) is 0.0511. The van der Waals surface area contributed by atoms with E-state index >= 15 is 0 Å². The molecule has 1 aliphatic rings. The molecule has 2 amide bonds. The molecule has 0 radical (unpaired) electrons. The van der Waals surface area contributed by atoms with E-state index in [1.54, 1.807) is 13.8 Å². The lowest BCUT2D eigenvalue weighted by atomic mass is 9.87. The second kappa shape index (κ2) is 8.03. The third-order valence-corrected chi connectivity index (χ3v) is 5.09. The van der Waals surface area contributed by atoms with Crippen LogP contribution in [0, 0.1) is 11.3 Å².